The van der Waals surface area contributed by atoms with E-state index in [0.29, 0.717) is 12.0 Å². The highest BCUT2D eigenvalue weighted by Crippen LogP contribution is 2.25. The number of sulfonamides is 1. The topological polar surface area (TPSA) is 101 Å². The van der Waals surface area contributed by atoms with Crippen molar-refractivity contribution >= 4 is 21.8 Å². The van der Waals surface area contributed by atoms with Gasteiger partial charge in [-0.3, -0.25) is 9.59 Å². The first-order valence-electron chi connectivity index (χ1n) is 11.4. The molecule has 33 heavy (non-hydrogen) atoms. The average molecular weight is 472 g/mol. The van der Waals surface area contributed by atoms with Gasteiger partial charge in [-0.15, -0.1) is 0 Å². The third-order valence-corrected chi connectivity index (χ3v) is 7.96. The van der Waals surface area contributed by atoms with Crippen molar-refractivity contribution in [3.05, 3.63) is 71.3 Å². The van der Waals surface area contributed by atoms with Gasteiger partial charge in [0.25, 0.3) is 0 Å². The van der Waals surface area contributed by atoms with Crippen molar-refractivity contribution in [2.45, 2.75) is 57.4 Å². The average Bonchev–Trinajstić information content (AvgIpc) is 2.78. The van der Waals surface area contributed by atoms with E-state index in [-0.39, 0.29) is 31.2 Å². The summed E-state index contributed by atoms with van der Waals surface area (Å²) in [5.74, 6) is -1.09. The molecule has 0 saturated carbocycles. The Labute approximate surface area is 196 Å². The predicted molar refractivity (Wildman–Crippen MR) is 129 cm³/mol. The van der Waals surface area contributed by atoms with Crippen LogP contribution in [0, 0.1) is 6.92 Å². The van der Waals surface area contributed by atoms with Gasteiger partial charge in [-0.25, -0.2) is 8.42 Å². The van der Waals surface area contributed by atoms with Gasteiger partial charge >= 0.3 is 0 Å². The summed E-state index contributed by atoms with van der Waals surface area (Å²) in [6, 6.07) is 15.0. The standard InChI is InChI=1S/C25H33N3O4S/c1-3-4-10-22(24(26)29)27-15-16-28(23(25(27)30)17-20-8-6-5-7-9-20)33(31,32)18-21-13-11-19(2)12-14-21/h5-9,11-14,22-23H,3-4,10,15-18H2,1-2H3,(H2,26,29)/t22-,23?/m0/s1. The fourth-order valence-corrected chi connectivity index (χ4v) is 5.97. The molecule has 2 amide bonds. The second kappa shape index (κ2) is 10.9. The monoisotopic (exact) mass is 471 g/mol. The molecule has 0 bridgehead atoms. The van der Waals surface area contributed by atoms with Gasteiger partial charge in [0.05, 0.1) is 5.75 Å². The first-order valence-corrected chi connectivity index (χ1v) is 13.0. The molecule has 1 saturated heterocycles. The van der Waals surface area contributed by atoms with Gasteiger partial charge in [0.15, 0.2) is 0 Å². The van der Waals surface area contributed by atoms with Gasteiger partial charge in [-0.1, -0.05) is 79.9 Å². The number of rotatable bonds is 10. The molecule has 1 fully saturated rings. The first kappa shape index (κ1) is 24.9. The smallest absolute Gasteiger partial charge is 0.242 e. The number of piperazine rings is 1. The van der Waals surface area contributed by atoms with Crippen LogP contribution in [0.3, 0.4) is 0 Å². The molecule has 8 heteroatoms. The molecule has 1 heterocycles. The lowest BCUT2D eigenvalue weighted by Gasteiger charge is -2.42. The summed E-state index contributed by atoms with van der Waals surface area (Å²) in [5.41, 5.74) is 8.22. The molecule has 2 N–H and O–H groups in total. The van der Waals surface area contributed by atoms with E-state index in [2.05, 4.69) is 0 Å². The molecule has 7 nitrogen and oxygen atoms in total. The maximum Gasteiger partial charge on any atom is 0.242 e. The van der Waals surface area contributed by atoms with Gasteiger partial charge in [0.1, 0.15) is 12.1 Å². The largest absolute Gasteiger partial charge is 0.368 e. The fraction of sp³-hybridized carbons (Fsp3) is 0.440. The minimum atomic E-state index is -3.77. The van der Waals surface area contributed by atoms with E-state index in [4.69, 9.17) is 5.73 Å². The number of benzene rings is 2. The second-order valence-corrected chi connectivity index (χ2v) is 10.6. The van der Waals surface area contributed by atoms with Crippen molar-refractivity contribution in [3.63, 3.8) is 0 Å². The quantitative estimate of drug-likeness (QED) is 0.576. The van der Waals surface area contributed by atoms with E-state index in [1.807, 2.05) is 56.3 Å². The van der Waals surface area contributed by atoms with Gasteiger partial charge in [0.2, 0.25) is 21.8 Å². The zero-order valence-corrected chi connectivity index (χ0v) is 20.1. The molecule has 3 rings (SSSR count). The lowest BCUT2D eigenvalue weighted by atomic mass is 10.00. The Balaban J connectivity index is 1.91. The Morgan fingerprint density at radius 1 is 1.06 bits per heavy atom. The molecule has 0 aliphatic carbocycles. The van der Waals surface area contributed by atoms with Gasteiger partial charge < -0.3 is 10.6 Å². The van der Waals surface area contributed by atoms with E-state index < -0.39 is 28.0 Å². The normalized spacial score (nSPS) is 18.3. The number of carbonyl (C=O) groups is 2. The third-order valence-electron chi connectivity index (χ3n) is 6.11. The van der Waals surface area contributed by atoms with Gasteiger partial charge in [-0.2, -0.15) is 4.31 Å². The molecular weight excluding hydrogens is 438 g/mol. The Morgan fingerprint density at radius 3 is 2.33 bits per heavy atom. The molecule has 2 aromatic carbocycles. The van der Waals surface area contributed by atoms with Gasteiger partial charge in [0, 0.05) is 13.1 Å². The zero-order chi connectivity index (χ0) is 24.0. The highest BCUT2D eigenvalue weighted by Gasteiger charge is 2.43. The SMILES string of the molecule is CCCC[C@@H](C(N)=O)N1CCN(S(=O)(=O)Cc2ccc(C)cc2)C(Cc2ccccc2)C1=O. The highest BCUT2D eigenvalue weighted by molar-refractivity contribution is 7.88. The summed E-state index contributed by atoms with van der Waals surface area (Å²) in [5, 5.41) is 0. The lowest BCUT2D eigenvalue weighted by molar-refractivity contribution is -0.146. The third kappa shape index (κ3) is 6.21. The fourth-order valence-electron chi connectivity index (χ4n) is 4.28. The van der Waals surface area contributed by atoms with Crippen LogP contribution in [-0.2, 0) is 31.8 Å². The molecule has 0 aromatic heterocycles. The number of unbranched alkanes of at least 4 members (excludes halogenated alkanes) is 1. The van der Waals surface area contributed by atoms with Crippen LogP contribution in [0.1, 0.15) is 42.9 Å². The van der Waals surface area contributed by atoms with Crippen LogP contribution in [-0.4, -0.2) is 54.6 Å². The number of primary amides is 1. The van der Waals surface area contributed by atoms with Crippen molar-refractivity contribution in [1.29, 1.82) is 0 Å². The summed E-state index contributed by atoms with van der Waals surface area (Å²) >= 11 is 0. The van der Waals surface area contributed by atoms with E-state index in [9.17, 15) is 18.0 Å². The molecule has 0 radical (unpaired) electrons. The molecule has 1 aliphatic heterocycles. The summed E-state index contributed by atoms with van der Waals surface area (Å²) in [4.78, 5) is 27.3. The van der Waals surface area contributed by atoms with Crippen LogP contribution in [0.15, 0.2) is 54.6 Å². The van der Waals surface area contributed by atoms with Gasteiger partial charge in [-0.05, 0) is 30.9 Å². The Bertz CT molecular complexity index is 1050. The van der Waals surface area contributed by atoms with Crippen LogP contribution < -0.4 is 5.73 Å². The maximum absolute atomic E-state index is 13.6. The van der Waals surface area contributed by atoms with Crippen molar-refractivity contribution < 1.29 is 18.0 Å². The van der Waals surface area contributed by atoms with Crippen molar-refractivity contribution in [2.24, 2.45) is 5.73 Å². The van der Waals surface area contributed by atoms with Crippen LogP contribution in [0.4, 0.5) is 0 Å². The van der Waals surface area contributed by atoms with Crippen LogP contribution in [0.2, 0.25) is 0 Å². The number of amides is 2. The first-order chi connectivity index (χ1) is 15.7. The number of carbonyl (C=O) groups excluding carboxylic acids is 2. The number of nitrogens with two attached hydrogens (primary N) is 1. The Hall–Kier alpha value is -2.71. The molecule has 178 valence electrons. The molecular formula is C25H33N3O4S. The van der Waals surface area contributed by atoms with E-state index in [1.54, 1.807) is 12.1 Å². The Kier molecular flexibility index (Phi) is 8.26. The molecule has 1 unspecified atom stereocenters. The number of hydrogen-bond donors (Lipinski definition) is 1. The molecule has 0 spiro atoms. The number of aryl methyl sites for hydroxylation is 1. The second-order valence-electron chi connectivity index (χ2n) is 8.65. The van der Waals surface area contributed by atoms with E-state index in [1.165, 1.54) is 9.21 Å². The summed E-state index contributed by atoms with van der Waals surface area (Å²) < 4.78 is 28.2. The summed E-state index contributed by atoms with van der Waals surface area (Å²) in [6.07, 6.45) is 2.35. The lowest BCUT2D eigenvalue weighted by Crippen LogP contribution is -2.63. The predicted octanol–water partition coefficient (Wildman–Crippen LogP) is 2.62. The zero-order valence-electron chi connectivity index (χ0n) is 19.3. The number of hydrogen-bond acceptors (Lipinski definition) is 4. The van der Waals surface area contributed by atoms with E-state index >= 15 is 0 Å². The van der Waals surface area contributed by atoms with Crippen LogP contribution >= 0.6 is 0 Å². The Morgan fingerprint density at radius 2 is 1.73 bits per heavy atom. The van der Waals surface area contributed by atoms with Crippen LogP contribution in [0.5, 0.6) is 0 Å². The highest BCUT2D eigenvalue weighted by atomic mass is 32.2. The maximum atomic E-state index is 13.6. The van der Waals surface area contributed by atoms with Crippen molar-refractivity contribution in [2.75, 3.05) is 13.1 Å². The summed E-state index contributed by atoms with van der Waals surface area (Å²) in [6.45, 7) is 4.23. The molecule has 2 atom stereocenters. The molecule has 1 aliphatic rings. The minimum Gasteiger partial charge on any atom is -0.368 e. The van der Waals surface area contributed by atoms with E-state index in [0.717, 1.165) is 24.0 Å². The van der Waals surface area contributed by atoms with Crippen molar-refractivity contribution in [1.82, 2.24) is 9.21 Å². The summed E-state index contributed by atoms with van der Waals surface area (Å²) in [7, 11) is -3.77. The minimum absolute atomic E-state index is 0.132. The molecule has 2 aromatic rings. The van der Waals surface area contributed by atoms with Crippen LogP contribution in [0.25, 0.3) is 0 Å². The van der Waals surface area contributed by atoms with Crippen molar-refractivity contribution in [3.8, 4) is 0 Å². The number of nitrogens with zero attached hydrogens (tertiary/aromatic N) is 2.